The molecule has 0 saturated heterocycles. The molecular formula is H12Cl2MgO6Pt2. The Morgan fingerprint density at radius 1 is 0.455 bits per heavy atom. The maximum absolute atomic E-state index is 4.61. The van der Waals surface area contributed by atoms with Crippen LogP contribution in [-0.2, 0) is 37.5 Å². The normalized spacial score (nSPS) is 1.27. The van der Waals surface area contributed by atoms with E-state index >= 15 is 0 Å². The van der Waals surface area contributed by atoms with E-state index in [-0.39, 0.29) is 55.9 Å². The molecule has 0 aromatic rings. The number of halogens is 2. The molecule has 0 spiro atoms. The summed E-state index contributed by atoms with van der Waals surface area (Å²) in [7, 11) is 9.22. The van der Waals surface area contributed by atoms with E-state index in [1.165, 1.54) is 0 Å². The Bertz CT molecular complexity index is 18.5. The molecule has 6 nitrogen and oxygen atoms in total. The van der Waals surface area contributed by atoms with Gasteiger partial charge >= 0.3 is 79.4 Å². The third kappa shape index (κ3) is 223. The Labute approximate surface area is 111 Å². The van der Waals surface area contributed by atoms with Gasteiger partial charge in [0.2, 0.25) is 0 Å². The fourth-order valence-corrected chi connectivity index (χ4v) is 0. The van der Waals surface area contributed by atoms with Gasteiger partial charge in [-0.05, 0) is 0 Å². The summed E-state index contributed by atoms with van der Waals surface area (Å²) in [6.45, 7) is 0. The van der Waals surface area contributed by atoms with Gasteiger partial charge < -0.3 is 32.9 Å². The standard InChI is InChI=1S/2ClH.Mg.6H2O.2Pt/h2*1H;;6*1H2;;/q;;+2;;;;;;;;/p-2. The third-order valence-corrected chi connectivity index (χ3v) is 0. The fraction of sp³-hybridized carbons (Fsp3) is 0. The molecule has 0 heterocycles. The van der Waals surface area contributed by atoms with Gasteiger partial charge in [-0.3, -0.25) is 0 Å². The molecule has 0 fully saturated rings. The van der Waals surface area contributed by atoms with Gasteiger partial charge in [0.25, 0.3) is 0 Å². The molecule has 0 saturated carbocycles. The maximum atomic E-state index is 4.61. The van der Waals surface area contributed by atoms with Crippen LogP contribution in [-0.4, -0.2) is 55.9 Å². The van der Waals surface area contributed by atoms with Crippen LogP contribution in [0.3, 0.4) is 0 Å². The van der Waals surface area contributed by atoms with E-state index in [9.17, 15) is 0 Å². The number of rotatable bonds is 0. The molecule has 0 aliphatic carbocycles. The monoisotopic (exact) mass is 592 g/mol. The van der Waals surface area contributed by atoms with Crippen LogP contribution in [0.2, 0.25) is 0 Å². The van der Waals surface area contributed by atoms with Crippen LogP contribution in [0.5, 0.6) is 0 Å². The van der Waals surface area contributed by atoms with Crippen LogP contribution < -0.4 is 0 Å². The van der Waals surface area contributed by atoms with Gasteiger partial charge in [0, 0.05) is 0 Å². The molecule has 12 N–H and O–H groups in total. The van der Waals surface area contributed by atoms with Crippen molar-refractivity contribution < 1.29 is 70.4 Å². The summed E-state index contributed by atoms with van der Waals surface area (Å²) >= 11 is 3.22. The summed E-state index contributed by atoms with van der Waals surface area (Å²) in [5, 5.41) is 0. The summed E-state index contributed by atoms with van der Waals surface area (Å²) in [6, 6.07) is 0. The van der Waals surface area contributed by atoms with Crippen molar-refractivity contribution in [2.75, 3.05) is 0 Å². The van der Waals surface area contributed by atoms with Gasteiger partial charge in [0.15, 0.2) is 0 Å². The fourth-order valence-electron chi connectivity index (χ4n) is 0. The van der Waals surface area contributed by atoms with E-state index in [1.54, 1.807) is 37.5 Å². The van der Waals surface area contributed by atoms with E-state index in [1.807, 2.05) is 0 Å². The molecule has 0 aromatic heterocycles. The molecule has 0 aliphatic rings. The number of hydrogen-bond donors (Lipinski definition) is 0. The Hall–Kier alpha value is 2.48. The van der Waals surface area contributed by atoms with Crippen molar-refractivity contribution in [3.63, 3.8) is 0 Å². The van der Waals surface area contributed by atoms with Gasteiger partial charge in [-0.25, -0.2) is 0 Å². The molecular weight excluding hydrogens is 581 g/mol. The second-order valence-electron chi connectivity index (χ2n) is 0. The summed E-state index contributed by atoms with van der Waals surface area (Å²) in [5.74, 6) is 0. The minimum absolute atomic E-state index is 0. The van der Waals surface area contributed by atoms with Gasteiger partial charge in [0.05, 0.1) is 0 Å². The van der Waals surface area contributed by atoms with E-state index in [0.29, 0.717) is 0 Å². The average molecular weight is 593 g/mol. The van der Waals surface area contributed by atoms with E-state index in [0.717, 1.165) is 0 Å². The van der Waals surface area contributed by atoms with E-state index in [4.69, 9.17) is 0 Å². The molecule has 0 rings (SSSR count). The first-order chi connectivity index (χ1) is 2.00. The predicted molar refractivity (Wildman–Crippen MR) is 39.1 cm³/mol. The quantitative estimate of drug-likeness (QED) is 0.248. The first kappa shape index (κ1) is 105. The summed E-state index contributed by atoms with van der Waals surface area (Å²) in [5.41, 5.74) is 0. The molecule has 0 aromatic carbocycles. The van der Waals surface area contributed by atoms with Crippen molar-refractivity contribution in [1.29, 1.82) is 0 Å². The van der Waals surface area contributed by atoms with Gasteiger partial charge in [-0.1, -0.05) is 0 Å². The number of hydrogen-bond acceptors (Lipinski definition) is 0. The second-order valence-corrected chi connectivity index (χ2v) is 0. The smallest absolute Gasteiger partial charge is 2.00 e. The van der Waals surface area contributed by atoms with Crippen molar-refractivity contribution in [3.05, 3.63) is 0 Å². The Balaban J connectivity index is -0.000000000635. The zero-order valence-corrected chi connectivity index (χ0v) is 12.6. The largest absolute Gasteiger partial charge is 2.00 e. The minimum atomic E-state index is 0. The van der Waals surface area contributed by atoms with Crippen LogP contribution >= 0.6 is 18.8 Å². The van der Waals surface area contributed by atoms with Gasteiger partial charge in [-0.15, -0.1) is 0 Å². The van der Waals surface area contributed by atoms with Gasteiger partial charge in [-0.2, -0.15) is 0 Å². The Kier molecular flexibility index (Phi) is 2540. The van der Waals surface area contributed by atoms with E-state index in [2.05, 4.69) is 18.8 Å². The third-order valence-electron chi connectivity index (χ3n) is 0. The molecule has 0 atom stereocenters. The van der Waals surface area contributed by atoms with Crippen molar-refractivity contribution in [1.82, 2.24) is 0 Å². The van der Waals surface area contributed by atoms with Crippen LogP contribution in [0.1, 0.15) is 0 Å². The first-order valence-electron chi connectivity index (χ1n) is 0.239. The molecule has 0 amide bonds. The van der Waals surface area contributed by atoms with Crippen LogP contribution in [0.15, 0.2) is 0 Å². The van der Waals surface area contributed by atoms with Crippen molar-refractivity contribution in [3.8, 4) is 0 Å². The first-order valence-corrected chi connectivity index (χ1v) is 5.87. The maximum Gasteiger partial charge on any atom is 2.00 e. The molecule has 11 heteroatoms. The molecule has 0 unspecified atom stereocenters. The molecule has 0 bridgehead atoms. The van der Waals surface area contributed by atoms with Gasteiger partial charge in [0.1, 0.15) is 0 Å². The molecule has 11 heavy (non-hydrogen) atoms. The SMILES string of the molecule is O.O.O.O.O.O.[Cl][Pt-].[Cl][Pt-].[Mg+2]. The molecule has 0 radical (unpaired) electrons. The van der Waals surface area contributed by atoms with Crippen molar-refractivity contribution >= 4 is 41.9 Å². The van der Waals surface area contributed by atoms with Crippen molar-refractivity contribution in [2.24, 2.45) is 0 Å². The zero-order valence-electron chi connectivity index (χ0n) is 5.10. The Morgan fingerprint density at radius 2 is 0.455 bits per heavy atom. The average Bonchev–Trinajstić information content (AvgIpc) is 1.50. The molecule has 84 valence electrons. The predicted octanol–water partition coefficient (Wildman–Crippen LogP) is -3.96. The molecule has 0 aliphatic heterocycles. The Morgan fingerprint density at radius 3 is 0.455 bits per heavy atom. The summed E-state index contributed by atoms with van der Waals surface area (Å²) < 4.78 is 0. The van der Waals surface area contributed by atoms with Crippen LogP contribution in [0.25, 0.3) is 0 Å². The van der Waals surface area contributed by atoms with E-state index < -0.39 is 0 Å². The minimum Gasteiger partial charge on any atom is 2.00 e. The topological polar surface area (TPSA) is 189 Å². The van der Waals surface area contributed by atoms with Crippen LogP contribution in [0, 0.1) is 0 Å². The van der Waals surface area contributed by atoms with Crippen molar-refractivity contribution in [2.45, 2.75) is 0 Å². The summed E-state index contributed by atoms with van der Waals surface area (Å²) in [6.07, 6.45) is 0. The summed E-state index contributed by atoms with van der Waals surface area (Å²) in [4.78, 5) is 0. The zero-order chi connectivity index (χ0) is 4.00. The second kappa shape index (κ2) is 267. The van der Waals surface area contributed by atoms with Crippen LogP contribution in [0.4, 0.5) is 0 Å².